The highest BCUT2D eigenvalue weighted by Gasteiger charge is 2.12. The van der Waals surface area contributed by atoms with Gasteiger partial charge in [-0.15, -0.1) is 0 Å². The Labute approximate surface area is 131 Å². The molecule has 0 aliphatic carbocycles. The maximum atomic E-state index is 8.96. The number of fused-ring (bicyclic) bond motifs is 3. The molecule has 3 heterocycles. The van der Waals surface area contributed by atoms with Gasteiger partial charge in [0, 0.05) is 30.8 Å². The monoisotopic (exact) mass is 308 g/mol. The van der Waals surface area contributed by atoms with Crippen LogP contribution in [0.4, 0.5) is 5.82 Å². The number of aliphatic hydroxyl groups is 1. The number of pyridine rings is 1. The van der Waals surface area contributed by atoms with Gasteiger partial charge in [-0.1, -0.05) is 0 Å². The van der Waals surface area contributed by atoms with Gasteiger partial charge in [0.15, 0.2) is 5.82 Å². The van der Waals surface area contributed by atoms with Gasteiger partial charge in [-0.25, -0.2) is 14.6 Å². The highest BCUT2D eigenvalue weighted by Crippen LogP contribution is 2.27. The van der Waals surface area contributed by atoms with Gasteiger partial charge in [0.25, 0.3) is 0 Å². The van der Waals surface area contributed by atoms with E-state index in [9.17, 15) is 0 Å². The van der Waals surface area contributed by atoms with E-state index in [1.165, 1.54) is 0 Å². The number of nitrogens with zero attached hydrogens (tertiary/aromatic N) is 4. The molecule has 0 unspecified atom stereocenters. The highest BCUT2D eigenvalue weighted by atomic mass is 16.2. The summed E-state index contributed by atoms with van der Waals surface area (Å²) in [7, 11) is 0. The Morgan fingerprint density at radius 1 is 1.26 bits per heavy atom. The molecule has 7 nitrogen and oxygen atoms in total. The summed E-state index contributed by atoms with van der Waals surface area (Å²) in [6, 6.07) is 7.81. The van der Waals surface area contributed by atoms with Crippen LogP contribution in [-0.2, 0) is 6.42 Å². The van der Waals surface area contributed by atoms with Crippen LogP contribution in [-0.4, -0.2) is 36.4 Å². The fourth-order valence-corrected chi connectivity index (χ4v) is 2.74. The molecule has 1 aromatic carbocycles. The van der Waals surface area contributed by atoms with Crippen molar-refractivity contribution in [2.75, 3.05) is 12.3 Å². The summed E-state index contributed by atoms with van der Waals surface area (Å²) >= 11 is 0. The Bertz CT molecular complexity index is 973. The van der Waals surface area contributed by atoms with E-state index < -0.39 is 0 Å². The van der Waals surface area contributed by atoms with E-state index in [0.29, 0.717) is 24.2 Å². The van der Waals surface area contributed by atoms with Crippen LogP contribution in [0.5, 0.6) is 0 Å². The zero-order valence-electron chi connectivity index (χ0n) is 12.4. The van der Waals surface area contributed by atoms with Gasteiger partial charge in [-0.3, -0.25) is 0 Å². The quantitative estimate of drug-likeness (QED) is 0.533. The van der Waals surface area contributed by atoms with Crippen LogP contribution < -0.4 is 5.73 Å². The Morgan fingerprint density at radius 2 is 2.17 bits per heavy atom. The Balaban J connectivity index is 1.89. The Morgan fingerprint density at radius 3 is 2.96 bits per heavy atom. The number of H-pyrrole nitrogens is 1. The minimum atomic E-state index is 0.138. The molecule has 23 heavy (non-hydrogen) atoms. The van der Waals surface area contributed by atoms with Crippen molar-refractivity contribution in [2.24, 2.45) is 0 Å². The SMILES string of the molecule is Nc1nc2cc(-n3cccn3)ccc2c2[nH]c(CCCO)nc12. The lowest BCUT2D eigenvalue weighted by atomic mass is 10.1. The molecule has 0 aliphatic heterocycles. The molecule has 0 radical (unpaired) electrons. The van der Waals surface area contributed by atoms with Gasteiger partial charge >= 0.3 is 0 Å². The number of aromatic nitrogens is 5. The van der Waals surface area contributed by atoms with E-state index >= 15 is 0 Å². The van der Waals surface area contributed by atoms with Crippen LogP contribution in [0.2, 0.25) is 0 Å². The van der Waals surface area contributed by atoms with Crippen LogP contribution in [0.25, 0.3) is 27.6 Å². The molecule has 3 aromatic heterocycles. The number of imidazole rings is 1. The number of nitrogen functional groups attached to an aromatic ring is 1. The molecule has 0 saturated carbocycles. The largest absolute Gasteiger partial charge is 0.396 e. The average molecular weight is 308 g/mol. The second-order valence-electron chi connectivity index (χ2n) is 5.38. The third-order valence-corrected chi connectivity index (χ3v) is 3.83. The number of nitrogens with two attached hydrogens (primary N) is 1. The normalized spacial score (nSPS) is 11.5. The molecule has 0 saturated heterocycles. The molecule has 4 N–H and O–H groups in total. The standard InChI is InChI=1S/C16H16N6O/c17-16-15-14(20-13(21-15)3-1-8-23)11-5-4-10(9-12(11)19-16)22-7-2-6-18-22/h2,4-7,9,23H,1,3,8H2,(H2,17,19)(H,20,21). The third kappa shape index (κ3) is 2.31. The van der Waals surface area contributed by atoms with Gasteiger partial charge in [-0.2, -0.15) is 5.10 Å². The number of aromatic amines is 1. The van der Waals surface area contributed by atoms with Crippen molar-refractivity contribution in [1.29, 1.82) is 0 Å². The summed E-state index contributed by atoms with van der Waals surface area (Å²) in [5, 5.41) is 14.2. The molecular weight excluding hydrogens is 292 g/mol. The van der Waals surface area contributed by atoms with Crippen LogP contribution in [0.3, 0.4) is 0 Å². The van der Waals surface area contributed by atoms with Gasteiger partial charge in [0.05, 0.1) is 16.7 Å². The second-order valence-corrected chi connectivity index (χ2v) is 5.38. The Kier molecular flexibility index (Phi) is 3.20. The lowest BCUT2D eigenvalue weighted by molar-refractivity contribution is 0.287. The molecule has 4 rings (SSSR count). The van der Waals surface area contributed by atoms with E-state index in [1.807, 2.05) is 30.5 Å². The van der Waals surface area contributed by atoms with Crippen LogP contribution in [0.15, 0.2) is 36.7 Å². The minimum Gasteiger partial charge on any atom is -0.396 e. The molecule has 4 aromatic rings. The first-order chi connectivity index (χ1) is 11.3. The molecule has 0 spiro atoms. The van der Waals surface area contributed by atoms with E-state index in [0.717, 1.165) is 27.9 Å². The molecule has 0 aliphatic rings. The zero-order chi connectivity index (χ0) is 15.8. The van der Waals surface area contributed by atoms with E-state index in [-0.39, 0.29) is 6.61 Å². The minimum absolute atomic E-state index is 0.138. The van der Waals surface area contributed by atoms with E-state index in [1.54, 1.807) is 10.9 Å². The molecule has 116 valence electrons. The molecule has 0 atom stereocenters. The lowest BCUT2D eigenvalue weighted by Crippen LogP contribution is -1.97. The van der Waals surface area contributed by atoms with Gasteiger partial charge in [-0.05, 0) is 30.7 Å². The summed E-state index contributed by atoms with van der Waals surface area (Å²) in [5.74, 6) is 1.21. The maximum Gasteiger partial charge on any atom is 0.152 e. The lowest BCUT2D eigenvalue weighted by Gasteiger charge is -2.05. The van der Waals surface area contributed by atoms with E-state index in [2.05, 4.69) is 20.1 Å². The number of anilines is 1. The number of aryl methyl sites for hydroxylation is 1. The van der Waals surface area contributed by atoms with Crippen molar-refractivity contribution in [3.63, 3.8) is 0 Å². The average Bonchev–Trinajstić information content (AvgIpc) is 3.22. The van der Waals surface area contributed by atoms with Gasteiger partial charge in [0.2, 0.25) is 0 Å². The number of nitrogens with one attached hydrogen (secondary N) is 1. The zero-order valence-corrected chi connectivity index (χ0v) is 12.4. The van der Waals surface area contributed by atoms with Gasteiger partial charge < -0.3 is 15.8 Å². The predicted octanol–water partition coefficient (Wildman–Crippen LogP) is 1.80. The summed E-state index contributed by atoms with van der Waals surface area (Å²) < 4.78 is 1.78. The van der Waals surface area contributed by atoms with Crippen molar-refractivity contribution in [3.05, 3.63) is 42.5 Å². The number of hydrogen-bond donors (Lipinski definition) is 3. The summed E-state index contributed by atoms with van der Waals surface area (Å²) in [6.07, 6.45) is 4.95. The molecule has 0 fully saturated rings. The van der Waals surface area contributed by atoms with Crippen LogP contribution in [0, 0.1) is 0 Å². The van der Waals surface area contributed by atoms with E-state index in [4.69, 9.17) is 10.8 Å². The first kappa shape index (κ1) is 13.7. The van der Waals surface area contributed by atoms with Crippen molar-refractivity contribution in [2.45, 2.75) is 12.8 Å². The molecule has 0 amide bonds. The number of hydrogen-bond acceptors (Lipinski definition) is 5. The molecule has 7 heteroatoms. The first-order valence-electron chi connectivity index (χ1n) is 7.45. The highest BCUT2D eigenvalue weighted by molar-refractivity contribution is 6.06. The molecular formula is C16H16N6O. The summed E-state index contributed by atoms with van der Waals surface area (Å²) in [4.78, 5) is 12.3. The van der Waals surface area contributed by atoms with Crippen LogP contribution in [0.1, 0.15) is 12.2 Å². The molecule has 0 bridgehead atoms. The number of benzene rings is 1. The predicted molar refractivity (Wildman–Crippen MR) is 88.3 cm³/mol. The van der Waals surface area contributed by atoms with Crippen LogP contribution >= 0.6 is 0 Å². The van der Waals surface area contributed by atoms with Crippen molar-refractivity contribution < 1.29 is 5.11 Å². The smallest absolute Gasteiger partial charge is 0.152 e. The summed E-state index contributed by atoms with van der Waals surface area (Å²) in [5.41, 5.74) is 9.34. The second kappa shape index (κ2) is 5.36. The fraction of sp³-hybridized carbons (Fsp3) is 0.188. The maximum absolute atomic E-state index is 8.96. The number of rotatable bonds is 4. The van der Waals surface area contributed by atoms with Crippen molar-refractivity contribution >= 4 is 27.8 Å². The Hall–Kier alpha value is -2.93. The number of aliphatic hydroxyl groups excluding tert-OH is 1. The first-order valence-corrected chi connectivity index (χ1v) is 7.45. The fourth-order valence-electron chi connectivity index (χ4n) is 2.74. The van der Waals surface area contributed by atoms with Gasteiger partial charge in [0.1, 0.15) is 11.3 Å². The van der Waals surface area contributed by atoms with Crippen molar-refractivity contribution in [1.82, 2.24) is 24.7 Å². The topological polar surface area (TPSA) is 106 Å². The van der Waals surface area contributed by atoms with Crippen molar-refractivity contribution in [3.8, 4) is 5.69 Å². The third-order valence-electron chi connectivity index (χ3n) is 3.83. The summed E-state index contributed by atoms with van der Waals surface area (Å²) in [6.45, 7) is 0.138.